The molecule has 0 aliphatic carbocycles. The van der Waals surface area contributed by atoms with Crippen LogP contribution in [-0.2, 0) is 4.74 Å². The molecule has 1 aliphatic rings. The number of aromatic nitrogens is 1. The molecule has 0 unspecified atom stereocenters. The summed E-state index contributed by atoms with van der Waals surface area (Å²) < 4.78 is 5.47. The zero-order valence-electron chi connectivity index (χ0n) is 7.71. The van der Waals surface area contributed by atoms with Crippen LogP contribution >= 0.6 is 0 Å². The standard InChI is InChI=1S/C10H13NO3/c12-6-10-8(13)4-9(14-10)7-2-1-3-11-5-7/h1-3,5,8-10,12-13H,4,6H2/t8-,9+,10+/m1/s1. The number of pyridine rings is 1. The molecule has 4 heteroatoms. The summed E-state index contributed by atoms with van der Waals surface area (Å²) in [5.41, 5.74) is 0.947. The first-order valence-electron chi connectivity index (χ1n) is 4.65. The van der Waals surface area contributed by atoms with Gasteiger partial charge in [0, 0.05) is 18.8 Å². The third kappa shape index (κ3) is 1.77. The maximum Gasteiger partial charge on any atom is 0.107 e. The van der Waals surface area contributed by atoms with Gasteiger partial charge in [-0.1, -0.05) is 6.07 Å². The third-order valence-corrected chi connectivity index (χ3v) is 2.46. The van der Waals surface area contributed by atoms with E-state index in [2.05, 4.69) is 4.98 Å². The lowest BCUT2D eigenvalue weighted by Gasteiger charge is -2.11. The van der Waals surface area contributed by atoms with Crippen LogP contribution in [0, 0.1) is 0 Å². The fourth-order valence-electron chi connectivity index (χ4n) is 1.67. The Labute approximate surface area is 82.2 Å². The average Bonchev–Trinajstić information content (AvgIpc) is 2.61. The van der Waals surface area contributed by atoms with Gasteiger partial charge in [-0.25, -0.2) is 0 Å². The van der Waals surface area contributed by atoms with Crippen LogP contribution in [-0.4, -0.2) is 34.0 Å². The van der Waals surface area contributed by atoms with E-state index >= 15 is 0 Å². The Hall–Kier alpha value is -0.970. The Kier molecular flexibility index (Phi) is 2.77. The van der Waals surface area contributed by atoms with E-state index in [1.807, 2.05) is 12.1 Å². The molecule has 14 heavy (non-hydrogen) atoms. The fourth-order valence-corrected chi connectivity index (χ4v) is 1.67. The third-order valence-electron chi connectivity index (χ3n) is 2.46. The molecule has 0 bridgehead atoms. The van der Waals surface area contributed by atoms with Gasteiger partial charge in [0.2, 0.25) is 0 Å². The molecule has 2 rings (SSSR count). The molecule has 0 spiro atoms. The highest BCUT2D eigenvalue weighted by Gasteiger charge is 2.34. The second-order valence-corrected chi connectivity index (χ2v) is 3.44. The summed E-state index contributed by atoms with van der Waals surface area (Å²) in [6, 6.07) is 3.74. The van der Waals surface area contributed by atoms with Crippen molar-refractivity contribution in [2.75, 3.05) is 6.61 Å². The summed E-state index contributed by atoms with van der Waals surface area (Å²) in [5.74, 6) is 0. The molecule has 1 fully saturated rings. The first kappa shape index (κ1) is 9.58. The van der Waals surface area contributed by atoms with E-state index < -0.39 is 12.2 Å². The van der Waals surface area contributed by atoms with Crippen molar-refractivity contribution in [2.45, 2.75) is 24.7 Å². The summed E-state index contributed by atoms with van der Waals surface area (Å²) in [5, 5.41) is 18.4. The predicted octanol–water partition coefficient (Wildman–Crippen LogP) is 0.265. The van der Waals surface area contributed by atoms with E-state index in [4.69, 9.17) is 9.84 Å². The summed E-state index contributed by atoms with van der Waals surface area (Å²) >= 11 is 0. The first-order valence-corrected chi connectivity index (χ1v) is 4.65. The van der Waals surface area contributed by atoms with Crippen LogP contribution in [0.2, 0.25) is 0 Å². The lowest BCUT2D eigenvalue weighted by molar-refractivity contribution is -0.0226. The molecule has 0 aromatic carbocycles. The summed E-state index contributed by atoms with van der Waals surface area (Å²) in [7, 11) is 0. The SMILES string of the molecule is OC[C@@H]1O[C@H](c2cccnc2)C[C@H]1O. The zero-order valence-corrected chi connectivity index (χ0v) is 7.71. The monoisotopic (exact) mass is 195 g/mol. The summed E-state index contributed by atoms with van der Waals surface area (Å²) in [6.07, 6.45) is 2.76. The minimum Gasteiger partial charge on any atom is -0.394 e. The minimum atomic E-state index is -0.579. The molecule has 4 nitrogen and oxygen atoms in total. The number of rotatable bonds is 2. The Morgan fingerprint density at radius 3 is 3.00 bits per heavy atom. The van der Waals surface area contributed by atoms with Crippen LogP contribution in [0.3, 0.4) is 0 Å². The van der Waals surface area contributed by atoms with Crippen molar-refractivity contribution in [1.82, 2.24) is 4.98 Å². The molecule has 1 aromatic rings. The molecular formula is C10H13NO3. The summed E-state index contributed by atoms with van der Waals surface area (Å²) in [6.45, 7) is -0.141. The van der Waals surface area contributed by atoms with Crippen LogP contribution in [0.1, 0.15) is 18.1 Å². The maximum absolute atomic E-state index is 9.52. The van der Waals surface area contributed by atoms with Gasteiger partial charge < -0.3 is 14.9 Å². The molecule has 3 atom stereocenters. The quantitative estimate of drug-likeness (QED) is 0.710. The molecule has 76 valence electrons. The van der Waals surface area contributed by atoms with Crippen LogP contribution < -0.4 is 0 Å². The number of nitrogens with zero attached hydrogens (tertiary/aromatic N) is 1. The van der Waals surface area contributed by atoms with Gasteiger partial charge in [0.15, 0.2) is 0 Å². The van der Waals surface area contributed by atoms with E-state index in [9.17, 15) is 5.11 Å². The van der Waals surface area contributed by atoms with Crippen molar-refractivity contribution in [2.24, 2.45) is 0 Å². The van der Waals surface area contributed by atoms with E-state index in [0.29, 0.717) is 6.42 Å². The fraction of sp³-hybridized carbons (Fsp3) is 0.500. The van der Waals surface area contributed by atoms with Gasteiger partial charge in [-0.15, -0.1) is 0 Å². The van der Waals surface area contributed by atoms with E-state index in [0.717, 1.165) is 5.56 Å². The highest BCUT2D eigenvalue weighted by molar-refractivity contribution is 5.14. The molecule has 0 radical (unpaired) electrons. The first-order chi connectivity index (χ1) is 6.81. The maximum atomic E-state index is 9.52. The van der Waals surface area contributed by atoms with E-state index in [-0.39, 0.29) is 12.7 Å². The highest BCUT2D eigenvalue weighted by atomic mass is 16.5. The minimum absolute atomic E-state index is 0.141. The average molecular weight is 195 g/mol. The zero-order chi connectivity index (χ0) is 9.97. The van der Waals surface area contributed by atoms with Gasteiger partial charge in [0.1, 0.15) is 6.10 Å². The lowest BCUT2D eigenvalue weighted by Crippen LogP contribution is -2.24. The summed E-state index contributed by atoms with van der Waals surface area (Å²) in [4.78, 5) is 3.98. The molecular weight excluding hydrogens is 182 g/mol. The van der Waals surface area contributed by atoms with E-state index in [1.165, 1.54) is 0 Å². The van der Waals surface area contributed by atoms with Crippen molar-refractivity contribution in [3.63, 3.8) is 0 Å². The van der Waals surface area contributed by atoms with Gasteiger partial charge in [-0.05, 0) is 11.6 Å². The molecule has 1 aromatic heterocycles. The number of aliphatic hydroxyl groups is 2. The predicted molar refractivity (Wildman–Crippen MR) is 49.6 cm³/mol. The molecule has 0 amide bonds. The van der Waals surface area contributed by atoms with Crippen molar-refractivity contribution < 1.29 is 14.9 Å². The Morgan fingerprint density at radius 1 is 1.57 bits per heavy atom. The number of aliphatic hydroxyl groups excluding tert-OH is 2. The van der Waals surface area contributed by atoms with Gasteiger partial charge in [-0.2, -0.15) is 0 Å². The van der Waals surface area contributed by atoms with Gasteiger partial charge in [0.05, 0.1) is 18.8 Å². The van der Waals surface area contributed by atoms with Crippen LogP contribution in [0.25, 0.3) is 0 Å². The van der Waals surface area contributed by atoms with E-state index in [1.54, 1.807) is 12.4 Å². The van der Waals surface area contributed by atoms with Crippen molar-refractivity contribution in [3.8, 4) is 0 Å². The van der Waals surface area contributed by atoms with Crippen molar-refractivity contribution in [3.05, 3.63) is 30.1 Å². The van der Waals surface area contributed by atoms with Crippen molar-refractivity contribution in [1.29, 1.82) is 0 Å². The molecule has 2 heterocycles. The highest BCUT2D eigenvalue weighted by Crippen LogP contribution is 2.32. The Balaban J connectivity index is 2.09. The Morgan fingerprint density at radius 2 is 2.43 bits per heavy atom. The number of ether oxygens (including phenoxy) is 1. The van der Waals surface area contributed by atoms with Gasteiger partial charge >= 0.3 is 0 Å². The molecule has 1 saturated heterocycles. The number of hydrogen-bond acceptors (Lipinski definition) is 4. The molecule has 0 saturated carbocycles. The molecule has 1 aliphatic heterocycles. The lowest BCUT2D eigenvalue weighted by atomic mass is 10.1. The Bertz CT molecular complexity index is 291. The van der Waals surface area contributed by atoms with Gasteiger partial charge in [-0.3, -0.25) is 4.98 Å². The largest absolute Gasteiger partial charge is 0.394 e. The number of hydrogen-bond donors (Lipinski definition) is 2. The van der Waals surface area contributed by atoms with Crippen LogP contribution in [0.4, 0.5) is 0 Å². The van der Waals surface area contributed by atoms with Crippen molar-refractivity contribution >= 4 is 0 Å². The van der Waals surface area contributed by atoms with Crippen LogP contribution in [0.15, 0.2) is 24.5 Å². The second kappa shape index (κ2) is 4.04. The van der Waals surface area contributed by atoms with Gasteiger partial charge in [0.25, 0.3) is 0 Å². The molecule has 2 N–H and O–H groups in total. The van der Waals surface area contributed by atoms with Crippen LogP contribution in [0.5, 0.6) is 0 Å². The second-order valence-electron chi connectivity index (χ2n) is 3.44. The topological polar surface area (TPSA) is 62.6 Å². The smallest absolute Gasteiger partial charge is 0.107 e. The normalized spacial score (nSPS) is 32.0.